The van der Waals surface area contributed by atoms with Crippen LogP contribution in [-0.2, 0) is 0 Å². The number of nitrogens with zero attached hydrogens (tertiary/aromatic N) is 3. The monoisotopic (exact) mass is 399 g/mol. The molecule has 0 amide bonds. The van der Waals surface area contributed by atoms with E-state index in [1.807, 2.05) is 18.2 Å². The Hall–Kier alpha value is -3.04. The Balaban J connectivity index is 1.49. The number of benzene rings is 3. The van der Waals surface area contributed by atoms with Gasteiger partial charge in [-0.25, -0.2) is 4.98 Å². The third-order valence-corrected chi connectivity index (χ3v) is 5.80. The highest BCUT2D eigenvalue weighted by Gasteiger charge is 2.20. The molecule has 0 radical (unpaired) electrons. The van der Waals surface area contributed by atoms with Crippen molar-refractivity contribution in [2.24, 2.45) is 0 Å². The van der Waals surface area contributed by atoms with E-state index >= 15 is 0 Å². The molecule has 3 nitrogen and oxygen atoms in total. The van der Waals surface area contributed by atoms with Gasteiger partial charge in [-0.2, -0.15) is 0 Å². The molecule has 1 fully saturated rings. The fraction of sp³-hybridized carbons (Fsp3) is 0.160. The zero-order chi connectivity index (χ0) is 19.6. The predicted molar refractivity (Wildman–Crippen MR) is 123 cm³/mol. The number of anilines is 2. The first-order chi connectivity index (χ1) is 14.3. The van der Waals surface area contributed by atoms with E-state index in [-0.39, 0.29) is 0 Å². The van der Waals surface area contributed by atoms with Gasteiger partial charge >= 0.3 is 0 Å². The highest BCUT2D eigenvalue weighted by atomic mass is 35.5. The molecule has 144 valence electrons. The van der Waals surface area contributed by atoms with E-state index in [0.29, 0.717) is 0 Å². The first-order valence-corrected chi connectivity index (χ1v) is 10.4. The normalized spacial score (nSPS) is 14.4. The predicted octanol–water partition coefficient (Wildman–Crippen LogP) is 5.88. The molecule has 4 aromatic rings. The summed E-state index contributed by atoms with van der Waals surface area (Å²) in [6, 6.07) is 29.3. The molecule has 29 heavy (non-hydrogen) atoms. The third kappa shape index (κ3) is 3.66. The second-order valence-corrected chi connectivity index (χ2v) is 7.80. The van der Waals surface area contributed by atoms with Crippen molar-refractivity contribution in [1.29, 1.82) is 0 Å². The summed E-state index contributed by atoms with van der Waals surface area (Å²) in [4.78, 5) is 9.78. The lowest BCUT2D eigenvalue weighted by molar-refractivity contribution is 0.648. The Bertz CT molecular complexity index is 1120. The summed E-state index contributed by atoms with van der Waals surface area (Å²) in [7, 11) is 0. The largest absolute Gasteiger partial charge is 0.368 e. The third-order valence-electron chi connectivity index (χ3n) is 5.57. The Morgan fingerprint density at radius 3 is 2.07 bits per heavy atom. The highest BCUT2D eigenvalue weighted by Crippen LogP contribution is 2.33. The fourth-order valence-electron chi connectivity index (χ4n) is 4.04. The van der Waals surface area contributed by atoms with Crippen LogP contribution in [-0.4, -0.2) is 31.2 Å². The minimum Gasteiger partial charge on any atom is -0.368 e. The maximum Gasteiger partial charge on any atom is 0.129 e. The van der Waals surface area contributed by atoms with Crippen LogP contribution in [0.2, 0.25) is 5.02 Å². The van der Waals surface area contributed by atoms with E-state index < -0.39 is 0 Å². The van der Waals surface area contributed by atoms with Gasteiger partial charge in [-0.15, -0.1) is 0 Å². The van der Waals surface area contributed by atoms with Crippen molar-refractivity contribution < 1.29 is 0 Å². The van der Waals surface area contributed by atoms with Crippen molar-refractivity contribution in [3.8, 4) is 11.1 Å². The van der Waals surface area contributed by atoms with E-state index in [0.717, 1.165) is 47.9 Å². The molecule has 2 heterocycles. The number of halogens is 1. The zero-order valence-electron chi connectivity index (χ0n) is 16.1. The molecular formula is C25H22ClN3. The van der Waals surface area contributed by atoms with Gasteiger partial charge in [0.25, 0.3) is 0 Å². The van der Waals surface area contributed by atoms with Gasteiger partial charge in [0, 0.05) is 42.3 Å². The van der Waals surface area contributed by atoms with Crippen molar-refractivity contribution in [3.63, 3.8) is 0 Å². The summed E-state index contributed by atoms with van der Waals surface area (Å²) < 4.78 is 0. The topological polar surface area (TPSA) is 19.4 Å². The molecule has 3 aromatic carbocycles. The lowest BCUT2D eigenvalue weighted by Crippen LogP contribution is -2.46. The van der Waals surface area contributed by atoms with E-state index in [4.69, 9.17) is 16.6 Å². The van der Waals surface area contributed by atoms with E-state index in [1.165, 1.54) is 16.8 Å². The summed E-state index contributed by atoms with van der Waals surface area (Å²) in [6.45, 7) is 3.87. The van der Waals surface area contributed by atoms with Crippen molar-refractivity contribution in [3.05, 3.63) is 90.0 Å². The Labute approximate surface area is 176 Å². The minimum atomic E-state index is 0.718. The van der Waals surface area contributed by atoms with Gasteiger partial charge in [-0.1, -0.05) is 66.2 Å². The number of pyridine rings is 1. The van der Waals surface area contributed by atoms with E-state index in [9.17, 15) is 0 Å². The SMILES string of the molecule is Clc1ccc2c(-c3ccccc3)cc(N3CCN(c4ccccc4)CC3)nc2c1. The molecule has 5 rings (SSSR count). The van der Waals surface area contributed by atoms with Gasteiger partial charge in [0.15, 0.2) is 0 Å². The van der Waals surface area contributed by atoms with Crippen LogP contribution >= 0.6 is 11.6 Å². The summed E-state index contributed by atoms with van der Waals surface area (Å²) in [6.07, 6.45) is 0. The number of hydrogen-bond acceptors (Lipinski definition) is 3. The van der Waals surface area contributed by atoms with Crippen LogP contribution in [0.15, 0.2) is 84.9 Å². The molecular weight excluding hydrogens is 378 g/mol. The zero-order valence-corrected chi connectivity index (χ0v) is 16.9. The lowest BCUT2D eigenvalue weighted by atomic mass is 10.0. The van der Waals surface area contributed by atoms with Gasteiger partial charge in [0.05, 0.1) is 5.52 Å². The molecule has 0 unspecified atom stereocenters. The molecule has 0 saturated carbocycles. The van der Waals surface area contributed by atoms with Gasteiger partial charge in [-0.05, 0) is 41.5 Å². The summed E-state index contributed by atoms with van der Waals surface area (Å²) >= 11 is 6.28. The molecule has 0 bridgehead atoms. The van der Waals surface area contributed by atoms with Gasteiger partial charge in [0.2, 0.25) is 0 Å². The number of rotatable bonds is 3. The maximum absolute atomic E-state index is 6.28. The Morgan fingerprint density at radius 1 is 0.690 bits per heavy atom. The molecule has 0 atom stereocenters. The number of aromatic nitrogens is 1. The summed E-state index contributed by atoms with van der Waals surface area (Å²) in [5, 5.41) is 1.85. The molecule has 1 saturated heterocycles. The average molecular weight is 400 g/mol. The minimum absolute atomic E-state index is 0.718. The van der Waals surface area contributed by atoms with Crippen LogP contribution < -0.4 is 9.80 Å². The summed E-state index contributed by atoms with van der Waals surface area (Å²) in [5.74, 6) is 1.02. The molecule has 1 aliphatic rings. The molecule has 0 N–H and O–H groups in total. The highest BCUT2D eigenvalue weighted by molar-refractivity contribution is 6.31. The average Bonchev–Trinajstić information content (AvgIpc) is 2.79. The number of piperazine rings is 1. The second-order valence-electron chi connectivity index (χ2n) is 7.37. The number of hydrogen-bond donors (Lipinski definition) is 0. The van der Waals surface area contributed by atoms with Crippen molar-refractivity contribution in [2.75, 3.05) is 36.0 Å². The van der Waals surface area contributed by atoms with Crippen LogP contribution in [0.4, 0.5) is 11.5 Å². The van der Waals surface area contributed by atoms with E-state index in [1.54, 1.807) is 0 Å². The van der Waals surface area contributed by atoms with Crippen LogP contribution in [0.1, 0.15) is 0 Å². The Kier molecular flexibility index (Phi) is 4.82. The quantitative estimate of drug-likeness (QED) is 0.428. The van der Waals surface area contributed by atoms with Crippen molar-refractivity contribution >= 4 is 34.0 Å². The van der Waals surface area contributed by atoms with Crippen LogP contribution in [0.5, 0.6) is 0 Å². The number of para-hydroxylation sites is 1. The van der Waals surface area contributed by atoms with Crippen LogP contribution in [0.25, 0.3) is 22.0 Å². The fourth-order valence-corrected chi connectivity index (χ4v) is 4.21. The second kappa shape index (κ2) is 7.76. The van der Waals surface area contributed by atoms with Crippen LogP contribution in [0, 0.1) is 0 Å². The molecule has 1 aromatic heterocycles. The molecule has 4 heteroatoms. The van der Waals surface area contributed by atoms with Crippen LogP contribution in [0.3, 0.4) is 0 Å². The molecule has 1 aliphatic heterocycles. The van der Waals surface area contributed by atoms with Gasteiger partial charge in [0.1, 0.15) is 5.82 Å². The smallest absolute Gasteiger partial charge is 0.129 e. The molecule has 0 spiro atoms. The standard InChI is InChI=1S/C25H22ClN3/c26-20-11-12-22-23(19-7-3-1-4-8-19)18-25(27-24(22)17-20)29-15-13-28(14-16-29)21-9-5-2-6-10-21/h1-12,17-18H,13-16H2. The lowest BCUT2D eigenvalue weighted by Gasteiger charge is -2.37. The summed E-state index contributed by atoms with van der Waals surface area (Å²) in [5.41, 5.74) is 4.63. The van der Waals surface area contributed by atoms with Gasteiger partial charge in [-0.3, -0.25) is 0 Å². The van der Waals surface area contributed by atoms with E-state index in [2.05, 4.69) is 76.5 Å². The Morgan fingerprint density at radius 2 is 1.34 bits per heavy atom. The van der Waals surface area contributed by atoms with Gasteiger partial charge < -0.3 is 9.80 Å². The first kappa shape index (κ1) is 18.0. The van der Waals surface area contributed by atoms with Crippen molar-refractivity contribution in [1.82, 2.24) is 4.98 Å². The molecule has 0 aliphatic carbocycles. The number of fused-ring (bicyclic) bond motifs is 1. The van der Waals surface area contributed by atoms with Crippen molar-refractivity contribution in [2.45, 2.75) is 0 Å². The maximum atomic E-state index is 6.28. The first-order valence-electron chi connectivity index (χ1n) is 9.99.